The first kappa shape index (κ1) is 17.1. The Morgan fingerprint density at radius 1 is 1.19 bits per heavy atom. The first-order valence-corrected chi connectivity index (χ1v) is 9.28. The molecule has 0 saturated carbocycles. The van der Waals surface area contributed by atoms with Crippen molar-refractivity contribution in [1.82, 2.24) is 14.8 Å². The molecule has 2 bridgehead atoms. The van der Waals surface area contributed by atoms with E-state index in [-0.39, 0.29) is 11.8 Å². The smallest absolute Gasteiger partial charge is 0.259 e. The molecular formula is C19H25N3O4. The summed E-state index contributed by atoms with van der Waals surface area (Å²) in [6.45, 7) is 2.15. The number of carbonyl (C=O) groups excluding carboxylic acids is 2. The van der Waals surface area contributed by atoms with Gasteiger partial charge in [0.25, 0.3) is 5.91 Å². The second kappa shape index (κ2) is 6.78. The molecule has 0 spiro atoms. The molecule has 7 nitrogen and oxygen atoms in total. The van der Waals surface area contributed by atoms with E-state index in [1.165, 1.54) is 14.2 Å². The number of nitrogens with zero attached hydrogens (tertiary/aromatic N) is 3. The molecule has 140 valence electrons. The fourth-order valence-corrected chi connectivity index (χ4v) is 4.80. The number of likely N-dealkylation sites (tertiary alicyclic amines) is 1. The van der Waals surface area contributed by atoms with Crippen LogP contribution in [0.1, 0.15) is 36.0 Å². The summed E-state index contributed by atoms with van der Waals surface area (Å²) in [7, 11) is 3.04. The van der Waals surface area contributed by atoms with Crippen LogP contribution in [-0.4, -0.2) is 66.5 Å². The molecule has 0 aliphatic carbocycles. The van der Waals surface area contributed by atoms with Crippen molar-refractivity contribution in [3.05, 3.63) is 17.7 Å². The lowest BCUT2D eigenvalue weighted by molar-refractivity contribution is -0.144. The molecule has 3 atom stereocenters. The van der Waals surface area contributed by atoms with Crippen molar-refractivity contribution in [3.8, 4) is 11.8 Å². The maximum absolute atomic E-state index is 13.1. The van der Waals surface area contributed by atoms with Gasteiger partial charge in [0.15, 0.2) is 0 Å². The Bertz CT molecular complexity index is 723. The predicted octanol–water partition coefficient (Wildman–Crippen LogP) is 1.57. The Morgan fingerprint density at radius 2 is 2.04 bits per heavy atom. The number of ether oxygens (including phenoxy) is 2. The van der Waals surface area contributed by atoms with Gasteiger partial charge in [-0.05, 0) is 37.2 Å². The Morgan fingerprint density at radius 3 is 2.81 bits per heavy atom. The lowest BCUT2D eigenvalue weighted by Crippen LogP contribution is -2.61. The van der Waals surface area contributed by atoms with E-state index in [9.17, 15) is 9.59 Å². The van der Waals surface area contributed by atoms with Gasteiger partial charge in [-0.2, -0.15) is 4.98 Å². The number of aromatic nitrogens is 1. The molecule has 3 aliphatic rings. The molecule has 0 aromatic carbocycles. The van der Waals surface area contributed by atoms with Gasteiger partial charge in [-0.1, -0.05) is 0 Å². The maximum atomic E-state index is 13.1. The highest BCUT2D eigenvalue weighted by molar-refractivity contribution is 5.96. The first-order chi connectivity index (χ1) is 12.6. The Balaban J connectivity index is 1.55. The molecule has 3 fully saturated rings. The van der Waals surface area contributed by atoms with Crippen LogP contribution < -0.4 is 9.47 Å². The summed E-state index contributed by atoms with van der Waals surface area (Å²) in [5.74, 6) is 1.67. The van der Waals surface area contributed by atoms with E-state index < -0.39 is 0 Å². The van der Waals surface area contributed by atoms with Gasteiger partial charge in [0.05, 0.1) is 14.2 Å². The van der Waals surface area contributed by atoms with Crippen molar-refractivity contribution in [3.63, 3.8) is 0 Å². The number of carbonyl (C=O) groups is 2. The van der Waals surface area contributed by atoms with Crippen molar-refractivity contribution >= 4 is 11.8 Å². The molecule has 0 N–H and O–H groups in total. The monoisotopic (exact) mass is 359 g/mol. The van der Waals surface area contributed by atoms with Gasteiger partial charge < -0.3 is 19.3 Å². The van der Waals surface area contributed by atoms with Crippen LogP contribution in [-0.2, 0) is 4.79 Å². The number of methoxy groups -OCH3 is 2. The second-order valence-electron chi connectivity index (χ2n) is 7.49. The lowest BCUT2D eigenvalue weighted by Gasteiger charge is -2.52. The number of piperidine rings is 3. The fourth-order valence-electron chi connectivity index (χ4n) is 4.80. The van der Waals surface area contributed by atoms with Gasteiger partial charge in [0, 0.05) is 38.2 Å². The van der Waals surface area contributed by atoms with Crippen LogP contribution in [0.3, 0.4) is 0 Å². The molecule has 2 amide bonds. The van der Waals surface area contributed by atoms with Crippen LogP contribution in [0.5, 0.6) is 11.8 Å². The van der Waals surface area contributed by atoms with E-state index in [0.29, 0.717) is 54.7 Å². The molecule has 1 aromatic heterocycles. The van der Waals surface area contributed by atoms with Gasteiger partial charge in [-0.25, -0.2) is 0 Å². The molecule has 1 aromatic rings. The van der Waals surface area contributed by atoms with E-state index in [1.54, 1.807) is 12.1 Å². The quantitative estimate of drug-likeness (QED) is 0.819. The SMILES string of the molecule is COc1ccc(C(=O)N2C[C@H]3C[C@H](C2)[C@H]2CCCC(=O)N2C3)c(OC)n1. The minimum Gasteiger partial charge on any atom is -0.481 e. The molecule has 3 saturated heterocycles. The third-order valence-corrected chi connectivity index (χ3v) is 5.93. The van der Waals surface area contributed by atoms with Crippen molar-refractivity contribution in [1.29, 1.82) is 0 Å². The second-order valence-corrected chi connectivity index (χ2v) is 7.49. The van der Waals surface area contributed by atoms with Crippen molar-refractivity contribution in [2.45, 2.75) is 31.7 Å². The Labute approximate surface area is 153 Å². The lowest BCUT2D eigenvalue weighted by atomic mass is 9.76. The fraction of sp³-hybridized carbons (Fsp3) is 0.632. The third-order valence-electron chi connectivity index (χ3n) is 5.93. The van der Waals surface area contributed by atoms with Crippen LogP contribution in [0.15, 0.2) is 12.1 Å². The van der Waals surface area contributed by atoms with Crippen LogP contribution in [0.4, 0.5) is 0 Å². The van der Waals surface area contributed by atoms with Gasteiger partial charge >= 0.3 is 0 Å². The molecule has 3 aliphatic heterocycles. The maximum Gasteiger partial charge on any atom is 0.259 e. The molecule has 7 heteroatoms. The third kappa shape index (κ3) is 2.89. The van der Waals surface area contributed by atoms with E-state index in [0.717, 1.165) is 25.8 Å². The molecule has 4 heterocycles. The summed E-state index contributed by atoms with van der Waals surface area (Å²) < 4.78 is 10.4. The molecule has 0 unspecified atom stereocenters. The summed E-state index contributed by atoms with van der Waals surface area (Å²) in [5, 5.41) is 0. The van der Waals surface area contributed by atoms with Gasteiger partial charge in [-0.15, -0.1) is 0 Å². The number of hydrogen-bond donors (Lipinski definition) is 0. The van der Waals surface area contributed by atoms with Crippen molar-refractivity contribution < 1.29 is 19.1 Å². The zero-order valence-corrected chi connectivity index (χ0v) is 15.3. The largest absolute Gasteiger partial charge is 0.481 e. The normalized spacial score (nSPS) is 27.8. The van der Waals surface area contributed by atoms with E-state index >= 15 is 0 Å². The highest BCUT2D eigenvalue weighted by Gasteiger charge is 2.45. The number of fused-ring (bicyclic) bond motifs is 4. The Kier molecular flexibility index (Phi) is 4.46. The summed E-state index contributed by atoms with van der Waals surface area (Å²) >= 11 is 0. The predicted molar refractivity (Wildman–Crippen MR) is 94.2 cm³/mol. The average molecular weight is 359 g/mol. The van der Waals surface area contributed by atoms with Crippen LogP contribution in [0.2, 0.25) is 0 Å². The number of rotatable bonds is 3. The van der Waals surface area contributed by atoms with E-state index in [1.807, 2.05) is 4.90 Å². The average Bonchev–Trinajstić information content (AvgIpc) is 2.67. The van der Waals surface area contributed by atoms with Crippen LogP contribution >= 0.6 is 0 Å². The number of pyridine rings is 1. The molecular weight excluding hydrogens is 334 g/mol. The minimum absolute atomic E-state index is 0.0534. The van der Waals surface area contributed by atoms with Crippen molar-refractivity contribution in [2.75, 3.05) is 33.9 Å². The molecule has 26 heavy (non-hydrogen) atoms. The van der Waals surface area contributed by atoms with E-state index in [2.05, 4.69) is 9.88 Å². The zero-order chi connectivity index (χ0) is 18.3. The van der Waals surface area contributed by atoms with Gasteiger partial charge in [0.2, 0.25) is 17.7 Å². The number of hydrogen-bond acceptors (Lipinski definition) is 5. The van der Waals surface area contributed by atoms with E-state index in [4.69, 9.17) is 9.47 Å². The topological polar surface area (TPSA) is 72.0 Å². The van der Waals surface area contributed by atoms with Crippen LogP contribution in [0.25, 0.3) is 0 Å². The minimum atomic E-state index is -0.0534. The highest BCUT2D eigenvalue weighted by Crippen LogP contribution is 2.38. The van der Waals surface area contributed by atoms with Crippen LogP contribution in [0, 0.1) is 11.8 Å². The summed E-state index contributed by atoms with van der Waals surface area (Å²) in [5.41, 5.74) is 0.463. The summed E-state index contributed by atoms with van der Waals surface area (Å²) in [6, 6.07) is 3.69. The molecule has 4 rings (SSSR count). The van der Waals surface area contributed by atoms with Gasteiger partial charge in [-0.3, -0.25) is 9.59 Å². The van der Waals surface area contributed by atoms with Crippen molar-refractivity contribution in [2.24, 2.45) is 11.8 Å². The molecule has 0 radical (unpaired) electrons. The summed E-state index contributed by atoms with van der Waals surface area (Å²) in [6.07, 6.45) is 3.80. The zero-order valence-electron chi connectivity index (χ0n) is 15.3. The Hall–Kier alpha value is -2.31. The first-order valence-electron chi connectivity index (χ1n) is 9.28. The standard InChI is InChI=1S/C19H25N3O4/c1-25-16-7-6-14(18(20-16)26-2)19(24)21-9-12-8-13(11-21)15-4-3-5-17(23)22(15)10-12/h6-7,12-13,15H,3-5,8-11H2,1-2H3/t12-,13-,15-/m1/s1. The summed E-state index contributed by atoms with van der Waals surface area (Å²) in [4.78, 5) is 33.6. The number of amides is 2. The highest BCUT2D eigenvalue weighted by atomic mass is 16.5. The van der Waals surface area contributed by atoms with Gasteiger partial charge in [0.1, 0.15) is 5.56 Å².